The molecule has 0 saturated carbocycles. The standard InChI is InChI=1S/C27H39N3O/c1-19-9-14-26-24(17-19)18-22(4)30(26)25-12-10-23(11-13-25)27(31)28-15-6-16-29-20(2)7-5-8-21(29)3/h10-13,18-21H,5-9,14-17H2,1-4H3,(H,28,31)/t19-,20-,21+/m1/s1. The molecule has 0 bridgehead atoms. The molecule has 1 N–H and O–H groups in total. The van der Waals surface area contributed by atoms with Crippen LogP contribution in [0.15, 0.2) is 30.3 Å². The predicted octanol–water partition coefficient (Wildman–Crippen LogP) is 5.29. The van der Waals surface area contributed by atoms with Crippen molar-refractivity contribution in [2.45, 2.75) is 84.7 Å². The van der Waals surface area contributed by atoms with E-state index in [0.717, 1.165) is 43.1 Å². The lowest BCUT2D eigenvalue weighted by Gasteiger charge is -2.39. The molecule has 1 saturated heterocycles. The van der Waals surface area contributed by atoms with Crippen LogP contribution in [0, 0.1) is 12.8 Å². The van der Waals surface area contributed by atoms with Gasteiger partial charge in [0, 0.05) is 47.8 Å². The average Bonchev–Trinajstić information content (AvgIpc) is 3.07. The van der Waals surface area contributed by atoms with E-state index >= 15 is 0 Å². The molecule has 1 aromatic heterocycles. The first-order valence-electron chi connectivity index (χ1n) is 12.3. The number of carbonyl (C=O) groups excluding carboxylic acids is 1. The zero-order valence-electron chi connectivity index (χ0n) is 19.8. The Morgan fingerprint density at radius 3 is 2.48 bits per heavy atom. The number of amides is 1. The zero-order chi connectivity index (χ0) is 22.0. The highest BCUT2D eigenvalue weighted by atomic mass is 16.1. The van der Waals surface area contributed by atoms with Crippen LogP contribution in [0.5, 0.6) is 0 Å². The molecule has 1 amide bonds. The molecule has 4 heteroatoms. The minimum Gasteiger partial charge on any atom is -0.352 e. The van der Waals surface area contributed by atoms with Crippen molar-refractivity contribution in [3.05, 3.63) is 52.8 Å². The number of hydrogen-bond donors (Lipinski definition) is 1. The number of likely N-dealkylation sites (tertiary alicyclic amines) is 1. The van der Waals surface area contributed by atoms with Crippen molar-refractivity contribution in [2.75, 3.05) is 13.1 Å². The van der Waals surface area contributed by atoms with Crippen LogP contribution >= 0.6 is 0 Å². The fourth-order valence-electron chi connectivity index (χ4n) is 5.67. The maximum atomic E-state index is 12.6. The zero-order valence-corrected chi connectivity index (χ0v) is 19.8. The van der Waals surface area contributed by atoms with Crippen LogP contribution in [-0.2, 0) is 12.8 Å². The summed E-state index contributed by atoms with van der Waals surface area (Å²) < 4.78 is 2.38. The molecule has 31 heavy (non-hydrogen) atoms. The number of hydrogen-bond acceptors (Lipinski definition) is 2. The van der Waals surface area contributed by atoms with Crippen molar-refractivity contribution < 1.29 is 4.79 Å². The van der Waals surface area contributed by atoms with E-state index in [2.05, 4.69) is 60.7 Å². The largest absolute Gasteiger partial charge is 0.352 e. The predicted molar refractivity (Wildman–Crippen MR) is 128 cm³/mol. The Morgan fingerprint density at radius 2 is 1.77 bits per heavy atom. The first-order chi connectivity index (χ1) is 14.9. The summed E-state index contributed by atoms with van der Waals surface area (Å²) in [7, 11) is 0. The first-order valence-corrected chi connectivity index (χ1v) is 12.3. The molecule has 2 aliphatic rings. The monoisotopic (exact) mass is 421 g/mol. The van der Waals surface area contributed by atoms with Crippen molar-refractivity contribution in [1.82, 2.24) is 14.8 Å². The van der Waals surface area contributed by atoms with Crippen LogP contribution in [0.25, 0.3) is 5.69 Å². The van der Waals surface area contributed by atoms with E-state index in [4.69, 9.17) is 0 Å². The first kappa shape index (κ1) is 22.1. The molecule has 4 rings (SSSR count). The number of aryl methyl sites for hydroxylation is 1. The number of benzene rings is 1. The van der Waals surface area contributed by atoms with Crippen molar-refractivity contribution >= 4 is 5.91 Å². The number of aromatic nitrogens is 1. The Hall–Kier alpha value is -2.07. The van der Waals surface area contributed by atoms with E-state index in [0.29, 0.717) is 12.1 Å². The Balaban J connectivity index is 1.33. The van der Waals surface area contributed by atoms with Gasteiger partial charge in [-0.2, -0.15) is 0 Å². The lowest BCUT2D eigenvalue weighted by atomic mass is 9.89. The van der Waals surface area contributed by atoms with Crippen molar-refractivity contribution in [1.29, 1.82) is 0 Å². The van der Waals surface area contributed by atoms with E-state index in [9.17, 15) is 4.79 Å². The van der Waals surface area contributed by atoms with Crippen LogP contribution in [0.4, 0.5) is 0 Å². The summed E-state index contributed by atoms with van der Waals surface area (Å²) in [4.78, 5) is 15.2. The van der Waals surface area contributed by atoms with Crippen LogP contribution < -0.4 is 5.32 Å². The van der Waals surface area contributed by atoms with Gasteiger partial charge in [0.15, 0.2) is 0 Å². The van der Waals surface area contributed by atoms with Crippen molar-refractivity contribution in [2.24, 2.45) is 5.92 Å². The number of rotatable bonds is 6. The third kappa shape index (κ3) is 4.90. The highest BCUT2D eigenvalue weighted by molar-refractivity contribution is 5.94. The number of piperidine rings is 1. The van der Waals surface area contributed by atoms with Gasteiger partial charge in [-0.25, -0.2) is 0 Å². The van der Waals surface area contributed by atoms with Gasteiger partial charge in [0.25, 0.3) is 5.91 Å². The summed E-state index contributed by atoms with van der Waals surface area (Å²) in [6.45, 7) is 11.0. The Morgan fingerprint density at radius 1 is 1.06 bits per heavy atom. The van der Waals surface area contributed by atoms with Crippen LogP contribution in [0.1, 0.15) is 80.2 Å². The molecule has 1 aromatic carbocycles. The highest BCUT2D eigenvalue weighted by Gasteiger charge is 2.24. The van der Waals surface area contributed by atoms with Crippen molar-refractivity contribution in [3.8, 4) is 5.69 Å². The molecular weight excluding hydrogens is 382 g/mol. The van der Waals surface area contributed by atoms with Gasteiger partial charge >= 0.3 is 0 Å². The summed E-state index contributed by atoms with van der Waals surface area (Å²) in [5.41, 5.74) is 6.15. The van der Waals surface area contributed by atoms with E-state index in [1.165, 1.54) is 49.1 Å². The van der Waals surface area contributed by atoms with Gasteiger partial charge in [0.2, 0.25) is 0 Å². The lowest BCUT2D eigenvalue weighted by Crippen LogP contribution is -2.44. The third-order valence-electron chi connectivity index (χ3n) is 7.46. The molecular formula is C27H39N3O. The molecule has 2 heterocycles. The molecule has 2 aromatic rings. The minimum absolute atomic E-state index is 0.0337. The van der Waals surface area contributed by atoms with Gasteiger partial charge < -0.3 is 9.88 Å². The maximum Gasteiger partial charge on any atom is 0.251 e. The maximum absolute atomic E-state index is 12.6. The highest BCUT2D eigenvalue weighted by Crippen LogP contribution is 2.30. The van der Waals surface area contributed by atoms with Gasteiger partial charge in [-0.1, -0.05) is 13.3 Å². The summed E-state index contributed by atoms with van der Waals surface area (Å²) in [5, 5.41) is 3.12. The van der Waals surface area contributed by atoms with Crippen LogP contribution in [0.2, 0.25) is 0 Å². The Labute approximate surface area is 188 Å². The van der Waals surface area contributed by atoms with Gasteiger partial charge in [-0.15, -0.1) is 0 Å². The second-order valence-electron chi connectivity index (χ2n) is 9.96. The van der Waals surface area contributed by atoms with Gasteiger partial charge in [0.05, 0.1) is 0 Å². The molecule has 1 aliphatic carbocycles. The van der Waals surface area contributed by atoms with E-state index in [1.54, 1.807) is 0 Å². The van der Waals surface area contributed by atoms with E-state index in [-0.39, 0.29) is 5.91 Å². The van der Waals surface area contributed by atoms with Gasteiger partial charge in [-0.3, -0.25) is 9.69 Å². The molecule has 3 atom stereocenters. The molecule has 1 aliphatic heterocycles. The summed E-state index contributed by atoms with van der Waals surface area (Å²) in [6.07, 6.45) is 8.52. The topological polar surface area (TPSA) is 37.3 Å². The Bertz CT molecular complexity index is 888. The second kappa shape index (κ2) is 9.60. The van der Waals surface area contributed by atoms with Crippen LogP contribution in [0.3, 0.4) is 0 Å². The SMILES string of the molecule is Cc1cc2c(n1-c1ccc(C(=O)NCCCN3[C@H](C)CCC[C@@H]3C)cc1)CC[C@@H](C)C2. The minimum atomic E-state index is 0.0337. The smallest absolute Gasteiger partial charge is 0.251 e. The molecule has 0 spiro atoms. The number of nitrogens with zero attached hydrogens (tertiary/aromatic N) is 2. The number of nitrogens with one attached hydrogen (secondary N) is 1. The lowest BCUT2D eigenvalue weighted by molar-refractivity contribution is 0.0925. The van der Waals surface area contributed by atoms with Crippen molar-refractivity contribution in [3.63, 3.8) is 0 Å². The quantitative estimate of drug-likeness (QED) is 0.643. The average molecular weight is 422 g/mol. The third-order valence-corrected chi connectivity index (χ3v) is 7.46. The summed E-state index contributed by atoms with van der Waals surface area (Å²) in [5.74, 6) is 0.807. The molecule has 0 unspecified atom stereocenters. The molecule has 168 valence electrons. The molecule has 4 nitrogen and oxygen atoms in total. The number of fused-ring (bicyclic) bond motifs is 1. The van der Waals surface area contributed by atoms with Crippen LogP contribution in [-0.4, -0.2) is 40.5 Å². The molecule has 1 fully saturated rings. The molecule has 0 radical (unpaired) electrons. The fraction of sp³-hybridized carbons (Fsp3) is 0.593. The van der Waals surface area contributed by atoms with Gasteiger partial charge in [-0.05, 0) is 101 Å². The van der Waals surface area contributed by atoms with E-state index in [1.807, 2.05) is 12.1 Å². The normalized spacial score (nSPS) is 24.1. The van der Waals surface area contributed by atoms with Gasteiger partial charge in [0.1, 0.15) is 0 Å². The number of carbonyl (C=O) groups is 1. The Kier molecular flexibility index (Phi) is 6.86. The van der Waals surface area contributed by atoms with E-state index < -0.39 is 0 Å². The second-order valence-corrected chi connectivity index (χ2v) is 9.96. The summed E-state index contributed by atoms with van der Waals surface area (Å²) in [6, 6.07) is 11.8. The summed E-state index contributed by atoms with van der Waals surface area (Å²) >= 11 is 0. The fourth-order valence-corrected chi connectivity index (χ4v) is 5.67.